The third kappa shape index (κ3) is 10.3. The monoisotopic (exact) mass is 636 g/mol. The van der Waals surface area contributed by atoms with Crippen LogP contribution in [0.4, 0.5) is 17.1 Å². The fourth-order valence-corrected chi connectivity index (χ4v) is 5.22. The lowest BCUT2D eigenvalue weighted by molar-refractivity contribution is -0.115. The zero-order chi connectivity index (χ0) is 32.9. The van der Waals surface area contributed by atoms with Crippen LogP contribution in [0.1, 0.15) is 42.6 Å². The van der Waals surface area contributed by atoms with Crippen molar-refractivity contribution in [2.75, 3.05) is 36.2 Å². The summed E-state index contributed by atoms with van der Waals surface area (Å²) >= 11 is 1.38. The van der Waals surface area contributed by atoms with Gasteiger partial charge < -0.3 is 25.6 Å². The van der Waals surface area contributed by atoms with Crippen LogP contribution in [-0.4, -0.2) is 43.7 Å². The maximum absolute atomic E-state index is 13.5. The third-order valence-electron chi connectivity index (χ3n) is 6.91. The van der Waals surface area contributed by atoms with Crippen LogP contribution in [0, 0.1) is 0 Å². The van der Waals surface area contributed by atoms with Gasteiger partial charge in [0.2, 0.25) is 5.91 Å². The summed E-state index contributed by atoms with van der Waals surface area (Å²) in [6, 6.07) is 31.0. The lowest BCUT2D eigenvalue weighted by atomic mass is 10.1. The SMILES string of the molecule is CCCCOc1ccc(NC(=O)C(C)Sc2cccc(NC(=O)/C(=C\c3ccc(N(C)C)cc3)NC(=O)c3ccccc3)c2)cc1. The fourth-order valence-electron chi connectivity index (χ4n) is 4.29. The third-order valence-corrected chi connectivity index (χ3v) is 8.01. The van der Waals surface area contributed by atoms with Crippen molar-refractivity contribution < 1.29 is 19.1 Å². The predicted octanol–water partition coefficient (Wildman–Crippen LogP) is 7.46. The van der Waals surface area contributed by atoms with Crippen molar-refractivity contribution in [3.8, 4) is 5.75 Å². The molecule has 0 radical (unpaired) electrons. The van der Waals surface area contributed by atoms with Gasteiger partial charge in [-0.25, -0.2) is 0 Å². The fraction of sp³-hybridized carbons (Fsp3) is 0.216. The first kappa shape index (κ1) is 33.9. The lowest BCUT2D eigenvalue weighted by Crippen LogP contribution is -2.30. The van der Waals surface area contributed by atoms with E-state index >= 15 is 0 Å². The highest BCUT2D eigenvalue weighted by Crippen LogP contribution is 2.27. The number of unbranched alkanes of at least 4 members (excludes halogenated alkanes) is 1. The van der Waals surface area contributed by atoms with Gasteiger partial charge in [0.15, 0.2) is 0 Å². The quantitative estimate of drug-likeness (QED) is 0.0755. The largest absolute Gasteiger partial charge is 0.494 e. The van der Waals surface area contributed by atoms with E-state index in [-0.39, 0.29) is 11.6 Å². The number of amides is 3. The van der Waals surface area contributed by atoms with Gasteiger partial charge in [0, 0.05) is 41.6 Å². The molecule has 46 heavy (non-hydrogen) atoms. The van der Waals surface area contributed by atoms with Gasteiger partial charge in [-0.05, 0) is 91.7 Å². The Morgan fingerprint density at radius 1 is 0.848 bits per heavy atom. The number of nitrogens with zero attached hydrogens (tertiary/aromatic N) is 1. The molecular weight excluding hydrogens is 596 g/mol. The summed E-state index contributed by atoms with van der Waals surface area (Å²) in [6.07, 6.45) is 3.70. The normalized spacial score (nSPS) is 11.7. The second-order valence-corrected chi connectivity index (χ2v) is 12.2. The Morgan fingerprint density at radius 3 is 2.24 bits per heavy atom. The standard InChI is InChI=1S/C37H40N4O4S/c1-5-6-23-45-32-21-17-29(18-22-32)38-35(42)26(2)46-33-14-10-13-30(25-33)39-37(44)34(40-36(43)28-11-8-7-9-12-28)24-27-15-19-31(20-16-27)41(3)4/h7-22,24-26H,5-6,23H2,1-4H3,(H,38,42)(H,39,44)(H,40,43)/b34-24+. The van der Waals surface area contributed by atoms with Crippen LogP contribution in [0.15, 0.2) is 114 Å². The number of hydrogen-bond donors (Lipinski definition) is 3. The van der Waals surface area contributed by atoms with Crippen LogP contribution in [-0.2, 0) is 9.59 Å². The van der Waals surface area contributed by atoms with Crippen LogP contribution >= 0.6 is 11.8 Å². The van der Waals surface area contributed by atoms with Crippen molar-refractivity contribution in [1.29, 1.82) is 0 Å². The molecule has 4 rings (SSSR count). The Bertz CT molecular complexity index is 1640. The van der Waals surface area contributed by atoms with Gasteiger partial charge in [0.1, 0.15) is 11.4 Å². The van der Waals surface area contributed by atoms with Crippen molar-refractivity contribution in [2.45, 2.75) is 36.8 Å². The van der Waals surface area contributed by atoms with Gasteiger partial charge in [-0.3, -0.25) is 14.4 Å². The Hall–Kier alpha value is -5.02. The minimum atomic E-state index is -0.476. The molecule has 3 N–H and O–H groups in total. The molecule has 0 saturated heterocycles. The topological polar surface area (TPSA) is 99.8 Å². The van der Waals surface area contributed by atoms with Crippen molar-refractivity contribution in [1.82, 2.24) is 5.32 Å². The zero-order valence-electron chi connectivity index (χ0n) is 26.6. The van der Waals surface area contributed by atoms with E-state index in [0.29, 0.717) is 23.5 Å². The van der Waals surface area contributed by atoms with Gasteiger partial charge in [0.25, 0.3) is 11.8 Å². The van der Waals surface area contributed by atoms with Crippen molar-refractivity contribution >= 4 is 52.6 Å². The Morgan fingerprint density at radius 2 is 1.57 bits per heavy atom. The molecular formula is C37H40N4O4S. The van der Waals surface area contributed by atoms with Gasteiger partial charge in [-0.15, -0.1) is 11.8 Å². The summed E-state index contributed by atoms with van der Waals surface area (Å²) in [6.45, 7) is 4.61. The van der Waals surface area contributed by atoms with Crippen LogP contribution in [0.5, 0.6) is 5.75 Å². The number of carbonyl (C=O) groups excluding carboxylic acids is 3. The molecule has 0 aliphatic rings. The molecule has 0 bridgehead atoms. The first-order chi connectivity index (χ1) is 22.2. The van der Waals surface area contributed by atoms with Crippen LogP contribution < -0.4 is 25.6 Å². The highest BCUT2D eigenvalue weighted by atomic mass is 32.2. The molecule has 0 heterocycles. The van der Waals surface area contributed by atoms with E-state index < -0.39 is 17.1 Å². The Balaban J connectivity index is 1.43. The smallest absolute Gasteiger partial charge is 0.272 e. The number of carbonyl (C=O) groups is 3. The van der Waals surface area contributed by atoms with Crippen LogP contribution in [0.25, 0.3) is 6.08 Å². The first-order valence-electron chi connectivity index (χ1n) is 15.2. The number of hydrogen-bond acceptors (Lipinski definition) is 6. The molecule has 0 fully saturated rings. The summed E-state index contributed by atoms with van der Waals surface area (Å²) < 4.78 is 5.69. The molecule has 9 heteroatoms. The van der Waals surface area contributed by atoms with Gasteiger partial charge in [0.05, 0.1) is 11.9 Å². The van der Waals surface area contributed by atoms with Gasteiger partial charge in [-0.2, -0.15) is 0 Å². The Labute approximate surface area is 275 Å². The first-order valence-corrected chi connectivity index (χ1v) is 16.1. The van der Waals surface area contributed by atoms with E-state index in [9.17, 15) is 14.4 Å². The zero-order valence-corrected chi connectivity index (χ0v) is 27.4. The van der Waals surface area contributed by atoms with Crippen molar-refractivity contribution in [3.05, 3.63) is 120 Å². The number of rotatable bonds is 14. The minimum Gasteiger partial charge on any atom is -0.494 e. The minimum absolute atomic E-state index is 0.0963. The van der Waals surface area contributed by atoms with E-state index in [0.717, 1.165) is 34.7 Å². The molecule has 0 aliphatic carbocycles. The highest BCUT2D eigenvalue weighted by Gasteiger charge is 2.17. The molecule has 238 valence electrons. The average Bonchev–Trinajstić information content (AvgIpc) is 3.06. The van der Waals surface area contributed by atoms with E-state index in [1.807, 2.05) is 92.6 Å². The molecule has 4 aromatic rings. The molecule has 8 nitrogen and oxygen atoms in total. The van der Waals surface area contributed by atoms with Crippen LogP contribution in [0.2, 0.25) is 0 Å². The van der Waals surface area contributed by atoms with Gasteiger partial charge in [-0.1, -0.05) is 49.7 Å². The Kier molecular flexibility index (Phi) is 12.4. The molecule has 0 saturated carbocycles. The predicted molar refractivity (Wildman–Crippen MR) is 189 cm³/mol. The summed E-state index contributed by atoms with van der Waals surface area (Å²) in [5, 5.41) is 8.21. The maximum atomic E-state index is 13.5. The molecule has 0 aromatic heterocycles. The van der Waals surface area contributed by atoms with Gasteiger partial charge >= 0.3 is 0 Å². The molecule has 1 atom stereocenters. The second-order valence-electron chi connectivity index (χ2n) is 10.8. The molecule has 3 amide bonds. The van der Waals surface area contributed by atoms with Crippen LogP contribution in [0.3, 0.4) is 0 Å². The molecule has 0 aliphatic heterocycles. The average molecular weight is 637 g/mol. The van der Waals surface area contributed by atoms with E-state index in [2.05, 4.69) is 22.9 Å². The number of thioether (sulfide) groups is 1. The summed E-state index contributed by atoms with van der Waals surface area (Å²) in [5.74, 6) is -0.244. The lowest BCUT2D eigenvalue weighted by Gasteiger charge is -2.15. The number of benzene rings is 4. The summed E-state index contributed by atoms with van der Waals surface area (Å²) in [4.78, 5) is 42.2. The number of ether oxygens (including phenoxy) is 1. The van der Waals surface area contributed by atoms with Crippen molar-refractivity contribution in [2.24, 2.45) is 0 Å². The maximum Gasteiger partial charge on any atom is 0.272 e. The summed E-state index contributed by atoms with van der Waals surface area (Å²) in [7, 11) is 3.90. The number of nitrogens with one attached hydrogen (secondary N) is 3. The van der Waals surface area contributed by atoms with E-state index in [1.165, 1.54) is 11.8 Å². The molecule has 4 aromatic carbocycles. The highest BCUT2D eigenvalue weighted by molar-refractivity contribution is 8.00. The molecule has 0 spiro atoms. The van der Waals surface area contributed by atoms with Crippen molar-refractivity contribution in [3.63, 3.8) is 0 Å². The second kappa shape index (κ2) is 16.9. The van der Waals surface area contributed by atoms with E-state index in [1.54, 1.807) is 42.5 Å². The summed E-state index contributed by atoms with van der Waals surface area (Å²) in [5.41, 5.74) is 3.52. The number of anilines is 3. The molecule has 1 unspecified atom stereocenters. The van der Waals surface area contributed by atoms with E-state index in [4.69, 9.17) is 4.74 Å².